The van der Waals surface area contributed by atoms with Gasteiger partial charge >= 0.3 is 5.91 Å². The second-order valence-electron chi connectivity index (χ2n) is 7.04. The van der Waals surface area contributed by atoms with Crippen molar-refractivity contribution >= 4 is 23.8 Å². The minimum atomic E-state index is -0.691. The highest BCUT2D eigenvalue weighted by molar-refractivity contribution is 6.05. The Morgan fingerprint density at radius 3 is 2.35 bits per heavy atom. The lowest BCUT2D eigenvalue weighted by molar-refractivity contribution is -0.684. The molecule has 4 rings (SSSR count). The Kier molecular flexibility index (Phi) is 8.20. The van der Waals surface area contributed by atoms with Crippen LogP contribution in [-0.4, -0.2) is 24.5 Å². The van der Waals surface area contributed by atoms with E-state index in [2.05, 4.69) is 16.2 Å². The van der Waals surface area contributed by atoms with Crippen molar-refractivity contribution in [2.24, 2.45) is 0 Å². The number of fused-ring (bicyclic) bond motifs is 1. The summed E-state index contributed by atoms with van der Waals surface area (Å²) >= 11 is 0. The van der Waals surface area contributed by atoms with Crippen LogP contribution in [-0.2, 0) is 16.1 Å². The molecule has 3 amide bonds. The SMILES string of the molecule is O=C(C[n+]1ccccc1)NNC(=O)C(=Cc1ccc2c(c1)OCO2)NC(=O)c1ccccc1.[Cl-]. The Bertz CT molecular complexity index is 1200. The van der Waals surface area contributed by atoms with Gasteiger partial charge in [0.1, 0.15) is 5.70 Å². The fourth-order valence-corrected chi connectivity index (χ4v) is 3.05. The zero-order chi connectivity index (χ0) is 23.0. The molecule has 0 radical (unpaired) electrons. The number of hydrazine groups is 1. The number of aromatic nitrogens is 1. The minimum Gasteiger partial charge on any atom is -1.00 e. The second-order valence-corrected chi connectivity index (χ2v) is 7.04. The van der Waals surface area contributed by atoms with Gasteiger partial charge in [-0.1, -0.05) is 30.3 Å². The van der Waals surface area contributed by atoms with E-state index in [1.165, 1.54) is 6.08 Å². The van der Waals surface area contributed by atoms with E-state index in [1.807, 2.05) is 6.07 Å². The maximum atomic E-state index is 12.8. The highest BCUT2D eigenvalue weighted by atomic mass is 35.5. The molecule has 0 spiro atoms. The molecule has 34 heavy (non-hydrogen) atoms. The summed E-state index contributed by atoms with van der Waals surface area (Å²) in [6.07, 6.45) is 4.94. The van der Waals surface area contributed by atoms with Crippen LogP contribution in [0.15, 0.2) is 84.8 Å². The van der Waals surface area contributed by atoms with Gasteiger partial charge in [-0.3, -0.25) is 25.2 Å². The van der Waals surface area contributed by atoms with Gasteiger partial charge in [-0.25, -0.2) is 0 Å². The van der Waals surface area contributed by atoms with Crippen molar-refractivity contribution in [1.82, 2.24) is 16.2 Å². The number of carbonyl (C=O) groups excluding carboxylic acids is 3. The second kappa shape index (κ2) is 11.5. The fraction of sp³-hybridized carbons (Fsp3) is 0.0833. The van der Waals surface area contributed by atoms with Crippen molar-refractivity contribution in [2.45, 2.75) is 6.54 Å². The van der Waals surface area contributed by atoms with Crippen molar-refractivity contribution < 1.29 is 40.8 Å². The van der Waals surface area contributed by atoms with E-state index < -0.39 is 17.7 Å². The molecule has 1 aliphatic heterocycles. The molecule has 0 unspecified atom stereocenters. The molecule has 0 saturated carbocycles. The molecular weight excluding hydrogens is 460 g/mol. The summed E-state index contributed by atoms with van der Waals surface area (Å²) in [6, 6.07) is 19.0. The maximum absolute atomic E-state index is 12.8. The number of carbonyl (C=O) groups is 3. The normalized spacial score (nSPS) is 11.7. The van der Waals surface area contributed by atoms with Crippen LogP contribution < -0.4 is 42.6 Å². The fourth-order valence-electron chi connectivity index (χ4n) is 3.05. The molecule has 10 heteroatoms. The van der Waals surface area contributed by atoms with Crippen molar-refractivity contribution in [2.75, 3.05) is 6.79 Å². The molecule has 0 atom stereocenters. The molecule has 9 nitrogen and oxygen atoms in total. The first-order valence-corrected chi connectivity index (χ1v) is 10.1. The average Bonchev–Trinajstić information content (AvgIpc) is 3.31. The minimum absolute atomic E-state index is 0. The van der Waals surface area contributed by atoms with Crippen molar-refractivity contribution in [1.29, 1.82) is 0 Å². The Morgan fingerprint density at radius 1 is 0.882 bits per heavy atom. The van der Waals surface area contributed by atoms with Gasteiger partial charge in [0.25, 0.3) is 11.8 Å². The third-order valence-electron chi connectivity index (χ3n) is 4.66. The number of ether oxygens (including phenoxy) is 2. The first-order chi connectivity index (χ1) is 16.1. The largest absolute Gasteiger partial charge is 1.00 e. The number of hydrogen-bond acceptors (Lipinski definition) is 5. The van der Waals surface area contributed by atoms with Crippen LogP contribution in [0.3, 0.4) is 0 Å². The topological polar surface area (TPSA) is 110 Å². The van der Waals surface area contributed by atoms with Crippen LogP contribution in [0.25, 0.3) is 6.08 Å². The quantitative estimate of drug-likeness (QED) is 0.222. The summed E-state index contributed by atoms with van der Waals surface area (Å²) in [7, 11) is 0. The van der Waals surface area contributed by atoms with E-state index in [1.54, 1.807) is 77.6 Å². The number of nitrogens with zero attached hydrogens (tertiary/aromatic N) is 1. The number of amides is 3. The predicted octanol–water partition coefficient (Wildman–Crippen LogP) is -1.67. The monoisotopic (exact) mass is 480 g/mol. The zero-order valence-corrected chi connectivity index (χ0v) is 18.6. The summed E-state index contributed by atoms with van der Waals surface area (Å²) in [5.41, 5.74) is 5.62. The number of pyridine rings is 1. The zero-order valence-electron chi connectivity index (χ0n) is 17.9. The van der Waals surface area contributed by atoms with Gasteiger partial charge in [-0.2, -0.15) is 4.57 Å². The summed E-state index contributed by atoms with van der Waals surface area (Å²) in [5.74, 6) is -0.466. The van der Waals surface area contributed by atoms with Crippen LogP contribution in [0, 0.1) is 0 Å². The Balaban J connectivity index is 0.00000324. The molecule has 0 fully saturated rings. The molecule has 2 aromatic carbocycles. The summed E-state index contributed by atoms with van der Waals surface area (Å²) in [5, 5.41) is 2.60. The van der Waals surface area contributed by atoms with Crippen molar-refractivity contribution in [3.63, 3.8) is 0 Å². The first-order valence-electron chi connectivity index (χ1n) is 10.1. The molecule has 3 N–H and O–H groups in total. The van der Waals surface area contributed by atoms with Crippen LogP contribution in [0.2, 0.25) is 0 Å². The summed E-state index contributed by atoms with van der Waals surface area (Å²) in [4.78, 5) is 37.7. The third-order valence-corrected chi connectivity index (χ3v) is 4.66. The maximum Gasteiger partial charge on any atom is 0.304 e. The van der Waals surface area contributed by atoms with Gasteiger partial charge in [-0.15, -0.1) is 0 Å². The molecule has 2 heterocycles. The average molecular weight is 481 g/mol. The number of benzene rings is 2. The van der Waals surface area contributed by atoms with Crippen LogP contribution in [0.4, 0.5) is 0 Å². The van der Waals surface area contributed by atoms with Crippen molar-refractivity contribution in [3.8, 4) is 11.5 Å². The standard InChI is InChI=1S/C24H20N4O5.ClH/c29-22(15-28-11-5-2-6-12-28)26-27-24(31)19(25-23(30)18-7-3-1-4-8-18)13-17-9-10-20-21(14-17)33-16-32-20;/h1-14H,15-16H2,(H2-,25,26,27,29,30,31);1H. The molecule has 0 bridgehead atoms. The molecule has 174 valence electrons. The van der Waals surface area contributed by atoms with E-state index >= 15 is 0 Å². The van der Waals surface area contributed by atoms with E-state index in [0.717, 1.165) is 0 Å². The smallest absolute Gasteiger partial charge is 0.304 e. The third kappa shape index (κ3) is 6.33. The lowest BCUT2D eigenvalue weighted by atomic mass is 10.1. The molecule has 1 aromatic heterocycles. The van der Waals surface area contributed by atoms with Crippen LogP contribution in [0.1, 0.15) is 15.9 Å². The van der Waals surface area contributed by atoms with E-state index in [4.69, 9.17) is 9.47 Å². The summed E-state index contributed by atoms with van der Waals surface area (Å²) in [6.45, 7) is 0.130. The number of hydrogen-bond donors (Lipinski definition) is 3. The van der Waals surface area contributed by atoms with Gasteiger partial charge in [0.2, 0.25) is 13.3 Å². The van der Waals surface area contributed by atoms with Crippen molar-refractivity contribution in [3.05, 3.63) is 95.9 Å². The molecule has 1 aliphatic rings. The summed E-state index contributed by atoms with van der Waals surface area (Å²) < 4.78 is 12.3. The molecule has 0 saturated heterocycles. The Hall–Kier alpha value is -4.37. The van der Waals surface area contributed by atoms with Crippen LogP contribution in [0.5, 0.6) is 11.5 Å². The lowest BCUT2D eigenvalue weighted by Crippen LogP contribution is -3.00. The Morgan fingerprint density at radius 2 is 1.59 bits per heavy atom. The van der Waals surface area contributed by atoms with E-state index in [-0.39, 0.29) is 31.4 Å². The first kappa shape index (κ1) is 24.3. The van der Waals surface area contributed by atoms with Gasteiger partial charge in [0.15, 0.2) is 23.9 Å². The van der Waals surface area contributed by atoms with Gasteiger partial charge in [0, 0.05) is 17.7 Å². The number of rotatable bonds is 6. The predicted molar refractivity (Wildman–Crippen MR) is 117 cm³/mol. The van der Waals surface area contributed by atoms with Gasteiger partial charge in [-0.05, 0) is 35.9 Å². The van der Waals surface area contributed by atoms with E-state index in [0.29, 0.717) is 22.6 Å². The lowest BCUT2D eigenvalue weighted by Gasteiger charge is -2.12. The molecular formula is C24H21ClN4O5. The van der Waals surface area contributed by atoms with Gasteiger partial charge < -0.3 is 27.2 Å². The number of halogens is 1. The van der Waals surface area contributed by atoms with Gasteiger partial charge in [0.05, 0.1) is 0 Å². The Labute approximate surface area is 201 Å². The highest BCUT2D eigenvalue weighted by Crippen LogP contribution is 2.33. The number of nitrogens with one attached hydrogen (secondary N) is 3. The van der Waals surface area contributed by atoms with Crippen LogP contribution >= 0.6 is 0 Å². The van der Waals surface area contributed by atoms with E-state index in [9.17, 15) is 14.4 Å². The highest BCUT2D eigenvalue weighted by Gasteiger charge is 2.18. The molecule has 3 aromatic rings. The molecule has 0 aliphatic carbocycles.